The summed E-state index contributed by atoms with van der Waals surface area (Å²) < 4.78 is 5.27. The molecule has 112 valence electrons. The maximum Gasteiger partial charge on any atom is 0.251 e. The molecule has 1 atom stereocenters. The SMILES string of the molecule is CCNC(CSc1nccc(=O)[nH]1)c1cccc(OC)c1. The highest BCUT2D eigenvalue weighted by atomic mass is 32.2. The van der Waals surface area contributed by atoms with Crippen molar-refractivity contribution in [3.05, 3.63) is 52.4 Å². The second-order valence-corrected chi connectivity index (χ2v) is 5.45. The fourth-order valence-corrected chi connectivity index (χ4v) is 2.91. The van der Waals surface area contributed by atoms with Gasteiger partial charge in [-0.25, -0.2) is 4.98 Å². The van der Waals surface area contributed by atoms with Crippen molar-refractivity contribution in [2.45, 2.75) is 18.1 Å². The molecule has 0 aliphatic heterocycles. The van der Waals surface area contributed by atoms with Gasteiger partial charge in [-0.3, -0.25) is 4.79 Å². The number of nitrogens with zero attached hydrogens (tertiary/aromatic N) is 1. The van der Waals surface area contributed by atoms with Crippen LogP contribution in [0, 0.1) is 0 Å². The second-order valence-electron chi connectivity index (χ2n) is 4.44. The van der Waals surface area contributed by atoms with Gasteiger partial charge in [0.1, 0.15) is 5.75 Å². The second kappa shape index (κ2) is 7.85. The van der Waals surface area contributed by atoms with Gasteiger partial charge in [0.05, 0.1) is 7.11 Å². The molecule has 0 amide bonds. The zero-order chi connectivity index (χ0) is 15.1. The highest BCUT2D eigenvalue weighted by Gasteiger charge is 2.12. The molecular weight excluding hydrogens is 286 g/mol. The third kappa shape index (κ3) is 4.61. The number of aromatic amines is 1. The molecule has 0 aliphatic carbocycles. The summed E-state index contributed by atoms with van der Waals surface area (Å²) in [4.78, 5) is 18.1. The first-order valence-electron chi connectivity index (χ1n) is 6.78. The Bertz CT molecular complexity index is 630. The first-order chi connectivity index (χ1) is 10.2. The van der Waals surface area contributed by atoms with Crippen molar-refractivity contribution in [1.82, 2.24) is 15.3 Å². The maximum absolute atomic E-state index is 11.3. The Balaban J connectivity index is 2.09. The summed E-state index contributed by atoms with van der Waals surface area (Å²) in [7, 11) is 1.66. The predicted octanol–water partition coefficient (Wildman–Crippen LogP) is 2.22. The number of ether oxygens (including phenoxy) is 1. The Kier molecular flexibility index (Phi) is 5.83. The maximum atomic E-state index is 11.3. The minimum absolute atomic E-state index is 0.131. The normalized spacial score (nSPS) is 12.1. The van der Waals surface area contributed by atoms with E-state index in [4.69, 9.17) is 4.74 Å². The van der Waals surface area contributed by atoms with Crippen LogP contribution in [0.4, 0.5) is 0 Å². The molecule has 0 radical (unpaired) electrons. The number of methoxy groups -OCH3 is 1. The van der Waals surface area contributed by atoms with E-state index < -0.39 is 0 Å². The van der Waals surface area contributed by atoms with Gasteiger partial charge in [0.15, 0.2) is 5.16 Å². The van der Waals surface area contributed by atoms with Gasteiger partial charge in [-0.1, -0.05) is 30.8 Å². The highest BCUT2D eigenvalue weighted by molar-refractivity contribution is 7.99. The first-order valence-corrected chi connectivity index (χ1v) is 7.77. The van der Waals surface area contributed by atoms with E-state index in [1.54, 1.807) is 7.11 Å². The van der Waals surface area contributed by atoms with E-state index in [0.717, 1.165) is 23.6 Å². The lowest BCUT2D eigenvalue weighted by Crippen LogP contribution is -2.23. The molecule has 1 unspecified atom stereocenters. The largest absolute Gasteiger partial charge is 0.497 e. The molecule has 1 aromatic heterocycles. The number of rotatable bonds is 7. The Labute approximate surface area is 128 Å². The molecule has 0 fully saturated rings. The van der Waals surface area contributed by atoms with Gasteiger partial charge in [0.2, 0.25) is 0 Å². The van der Waals surface area contributed by atoms with Crippen LogP contribution in [-0.2, 0) is 0 Å². The van der Waals surface area contributed by atoms with E-state index in [1.165, 1.54) is 24.0 Å². The molecular formula is C15H19N3O2S. The standard InChI is InChI=1S/C15H19N3O2S/c1-3-16-13(11-5-4-6-12(9-11)20-2)10-21-15-17-8-7-14(19)18-15/h4-9,13,16H,3,10H2,1-2H3,(H,17,18,19). The highest BCUT2D eigenvalue weighted by Crippen LogP contribution is 2.24. The molecule has 0 saturated carbocycles. The quantitative estimate of drug-likeness (QED) is 0.606. The van der Waals surface area contributed by atoms with E-state index in [1.807, 2.05) is 18.2 Å². The van der Waals surface area contributed by atoms with Crippen molar-refractivity contribution >= 4 is 11.8 Å². The third-order valence-corrected chi connectivity index (χ3v) is 3.96. The molecule has 5 nitrogen and oxygen atoms in total. The van der Waals surface area contributed by atoms with Crippen LogP contribution < -0.4 is 15.6 Å². The predicted molar refractivity (Wildman–Crippen MR) is 85.0 cm³/mol. The average molecular weight is 305 g/mol. The van der Waals surface area contributed by atoms with Crippen LogP contribution in [-0.4, -0.2) is 29.4 Å². The minimum atomic E-state index is -0.131. The van der Waals surface area contributed by atoms with Crippen molar-refractivity contribution in [2.24, 2.45) is 0 Å². The van der Waals surface area contributed by atoms with E-state index in [9.17, 15) is 4.79 Å². The monoisotopic (exact) mass is 305 g/mol. The molecule has 2 rings (SSSR count). The molecule has 2 N–H and O–H groups in total. The number of H-pyrrole nitrogens is 1. The Hall–Kier alpha value is -1.79. The summed E-state index contributed by atoms with van der Waals surface area (Å²) in [6.45, 7) is 2.93. The number of benzene rings is 1. The minimum Gasteiger partial charge on any atom is -0.497 e. The van der Waals surface area contributed by atoms with Crippen LogP contribution in [0.3, 0.4) is 0 Å². The van der Waals surface area contributed by atoms with Crippen molar-refractivity contribution in [2.75, 3.05) is 19.4 Å². The van der Waals surface area contributed by atoms with Gasteiger partial charge < -0.3 is 15.0 Å². The van der Waals surface area contributed by atoms with E-state index in [-0.39, 0.29) is 11.6 Å². The van der Waals surface area contributed by atoms with Crippen molar-refractivity contribution in [3.63, 3.8) is 0 Å². The van der Waals surface area contributed by atoms with Gasteiger partial charge in [-0.2, -0.15) is 0 Å². The van der Waals surface area contributed by atoms with E-state index in [2.05, 4.69) is 28.3 Å². The van der Waals surface area contributed by atoms with Crippen molar-refractivity contribution in [1.29, 1.82) is 0 Å². The summed E-state index contributed by atoms with van der Waals surface area (Å²) in [6.07, 6.45) is 1.52. The van der Waals surface area contributed by atoms with Crippen LogP contribution in [0.25, 0.3) is 0 Å². The topological polar surface area (TPSA) is 67.0 Å². The van der Waals surface area contributed by atoms with Crippen LogP contribution >= 0.6 is 11.8 Å². The fourth-order valence-electron chi connectivity index (χ4n) is 1.97. The van der Waals surface area contributed by atoms with Crippen LogP contribution in [0.5, 0.6) is 5.75 Å². The zero-order valence-electron chi connectivity index (χ0n) is 12.1. The number of hydrogen-bond acceptors (Lipinski definition) is 5. The van der Waals surface area contributed by atoms with Gasteiger partial charge in [-0.15, -0.1) is 0 Å². The summed E-state index contributed by atoms with van der Waals surface area (Å²) in [5.74, 6) is 1.61. The molecule has 21 heavy (non-hydrogen) atoms. The lowest BCUT2D eigenvalue weighted by molar-refractivity contribution is 0.413. The molecule has 0 bridgehead atoms. The zero-order valence-corrected chi connectivity index (χ0v) is 12.9. The summed E-state index contributed by atoms with van der Waals surface area (Å²) >= 11 is 1.52. The van der Waals surface area contributed by atoms with Gasteiger partial charge >= 0.3 is 0 Å². The lowest BCUT2D eigenvalue weighted by atomic mass is 10.1. The van der Waals surface area contributed by atoms with Gasteiger partial charge in [-0.05, 0) is 24.2 Å². The lowest BCUT2D eigenvalue weighted by Gasteiger charge is -2.18. The Morgan fingerprint density at radius 3 is 3.00 bits per heavy atom. The molecule has 2 aromatic rings. The summed E-state index contributed by atoms with van der Waals surface area (Å²) in [5.41, 5.74) is 1.02. The number of hydrogen-bond donors (Lipinski definition) is 2. The summed E-state index contributed by atoms with van der Waals surface area (Å²) in [6, 6.07) is 9.57. The molecule has 1 aromatic carbocycles. The van der Waals surface area contributed by atoms with Crippen LogP contribution in [0.1, 0.15) is 18.5 Å². The average Bonchev–Trinajstić information content (AvgIpc) is 2.51. The summed E-state index contributed by atoms with van der Waals surface area (Å²) in [5, 5.41) is 4.07. The van der Waals surface area contributed by atoms with Crippen molar-refractivity contribution < 1.29 is 4.74 Å². The molecule has 0 spiro atoms. The smallest absolute Gasteiger partial charge is 0.251 e. The fraction of sp³-hybridized carbons (Fsp3) is 0.333. The molecule has 0 aliphatic rings. The van der Waals surface area contributed by atoms with E-state index >= 15 is 0 Å². The van der Waals surface area contributed by atoms with Crippen LogP contribution in [0.2, 0.25) is 0 Å². The van der Waals surface area contributed by atoms with Crippen LogP contribution in [0.15, 0.2) is 46.5 Å². The number of thioether (sulfide) groups is 1. The number of aromatic nitrogens is 2. The Morgan fingerprint density at radius 1 is 1.43 bits per heavy atom. The third-order valence-electron chi connectivity index (χ3n) is 2.98. The molecule has 6 heteroatoms. The Morgan fingerprint density at radius 2 is 2.29 bits per heavy atom. The van der Waals surface area contributed by atoms with Gasteiger partial charge in [0, 0.05) is 24.1 Å². The van der Waals surface area contributed by atoms with Gasteiger partial charge in [0.25, 0.3) is 5.56 Å². The molecule has 1 heterocycles. The van der Waals surface area contributed by atoms with E-state index in [0.29, 0.717) is 5.16 Å². The van der Waals surface area contributed by atoms with Crippen molar-refractivity contribution in [3.8, 4) is 5.75 Å². The first kappa shape index (κ1) is 15.6. The number of nitrogens with one attached hydrogen (secondary N) is 2. The molecule has 0 saturated heterocycles.